The highest BCUT2D eigenvalue weighted by Gasteiger charge is 2.41. The molecule has 1 N–H and O–H groups in total. The van der Waals surface area contributed by atoms with Gasteiger partial charge in [-0.1, -0.05) is 0 Å². The lowest BCUT2D eigenvalue weighted by Crippen LogP contribution is -2.53. The van der Waals surface area contributed by atoms with Gasteiger partial charge in [-0.25, -0.2) is 0 Å². The number of rotatable bonds is 0. The Hall–Kier alpha value is -0.380. The van der Waals surface area contributed by atoms with E-state index in [1.165, 1.54) is 38.9 Å². The summed E-state index contributed by atoms with van der Waals surface area (Å²) < 4.78 is 0. The van der Waals surface area contributed by atoms with Crippen LogP contribution in [0.15, 0.2) is 11.4 Å². The van der Waals surface area contributed by atoms with Crippen LogP contribution in [-0.4, -0.2) is 31.6 Å². The lowest BCUT2D eigenvalue weighted by Gasteiger charge is -2.48. The highest BCUT2D eigenvalue weighted by molar-refractivity contribution is 7.10. The molecular formula is C12H18N2S. The maximum Gasteiger partial charge on any atom is 0.0492 e. The monoisotopic (exact) mass is 222 g/mol. The van der Waals surface area contributed by atoms with E-state index in [0.717, 1.165) is 0 Å². The molecular weight excluding hydrogens is 204 g/mol. The Morgan fingerprint density at radius 2 is 2.20 bits per heavy atom. The van der Waals surface area contributed by atoms with E-state index in [2.05, 4.69) is 28.7 Å². The molecule has 1 saturated heterocycles. The first kappa shape index (κ1) is 9.82. The zero-order valence-electron chi connectivity index (χ0n) is 9.25. The largest absolute Gasteiger partial charge is 0.317 e. The van der Waals surface area contributed by atoms with E-state index in [9.17, 15) is 0 Å². The van der Waals surface area contributed by atoms with Crippen molar-refractivity contribution in [1.29, 1.82) is 0 Å². The van der Waals surface area contributed by atoms with Crippen LogP contribution in [0.5, 0.6) is 0 Å². The summed E-state index contributed by atoms with van der Waals surface area (Å²) in [5, 5.41) is 5.75. The van der Waals surface area contributed by atoms with Crippen molar-refractivity contribution in [3.05, 3.63) is 21.9 Å². The van der Waals surface area contributed by atoms with Crippen LogP contribution >= 0.6 is 11.3 Å². The Morgan fingerprint density at radius 3 is 3.00 bits per heavy atom. The van der Waals surface area contributed by atoms with Crippen molar-refractivity contribution in [3.63, 3.8) is 0 Å². The number of likely N-dealkylation sites (N-methyl/N-ethyl adjacent to an activating group) is 1. The number of thiophene rings is 1. The van der Waals surface area contributed by atoms with E-state index in [1.54, 1.807) is 10.4 Å². The van der Waals surface area contributed by atoms with Gasteiger partial charge in [-0.2, -0.15) is 0 Å². The van der Waals surface area contributed by atoms with Gasteiger partial charge >= 0.3 is 0 Å². The Bertz CT molecular complexity index is 352. The topological polar surface area (TPSA) is 15.3 Å². The smallest absolute Gasteiger partial charge is 0.0492 e. The first-order valence-corrected chi connectivity index (χ1v) is 6.70. The molecule has 0 bridgehead atoms. The van der Waals surface area contributed by atoms with Crippen LogP contribution in [-0.2, 0) is 12.0 Å². The molecule has 2 aliphatic rings. The fourth-order valence-electron chi connectivity index (χ4n) is 3.13. The summed E-state index contributed by atoms with van der Waals surface area (Å²) in [4.78, 5) is 4.22. The predicted octanol–water partition coefficient (Wildman–Crippen LogP) is 1.81. The summed E-state index contributed by atoms with van der Waals surface area (Å²) in [5.74, 6) is 0. The standard InChI is InChI=1S/C12H18N2S/c1-14-8-2-11-10(3-9-15-11)12(14)4-6-13-7-5-12/h3,9,13H,2,4-8H2,1H3. The van der Waals surface area contributed by atoms with Crippen molar-refractivity contribution in [1.82, 2.24) is 10.2 Å². The lowest BCUT2D eigenvalue weighted by molar-refractivity contribution is 0.0704. The minimum Gasteiger partial charge on any atom is -0.317 e. The Labute approximate surface area is 95.3 Å². The average Bonchev–Trinajstić information content (AvgIpc) is 2.75. The van der Waals surface area contributed by atoms with Gasteiger partial charge in [-0.15, -0.1) is 11.3 Å². The molecule has 0 saturated carbocycles. The van der Waals surface area contributed by atoms with Gasteiger partial charge in [0.1, 0.15) is 0 Å². The van der Waals surface area contributed by atoms with Gasteiger partial charge in [0.2, 0.25) is 0 Å². The van der Waals surface area contributed by atoms with Gasteiger partial charge in [-0.3, -0.25) is 4.90 Å². The average molecular weight is 222 g/mol. The highest BCUT2D eigenvalue weighted by Crippen LogP contribution is 2.42. The van der Waals surface area contributed by atoms with E-state index in [-0.39, 0.29) is 0 Å². The normalized spacial score (nSPS) is 25.4. The molecule has 1 spiro atoms. The first-order valence-electron chi connectivity index (χ1n) is 5.82. The van der Waals surface area contributed by atoms with E-state index >= 15 is 0 Å². The zero-order chi connectivity index (χ0) is 10.3. The second kappa shape index (κ2) is 3.58. The summed E-state index contributed by atoms with van der Waals surface area (Å²) in [5.41, 5.74) is 1.99. The van der Waals surface area contributed by atoms with Gasteiger partial charge in [0.05, 0.1) is 0 Å². The highest BCUT2D eigenvalue weighted by atomic mass is 32.1. The molecule has 0 aliphatic carbocycles. The van der Waals surface area contributed by atoms with Crippen molar-refractivity contribution >= 4 is 11.3 Å². The second-order valence-corrected chi connectivity index (χ2v) is 5.71. The Morgan fingerprint density at radius 1 is 1.40 bits per heavy atom. The fraction of sp³-hybridized carbons (Fsp3) is 0.667. The number of piperidine rings is 1. The molecule has 0 unspecified atom stereocenters. The van der Waals surface area contributed by atoms with Crippen molar-refractivity contribution in [2.24, 2.45) is 0 Å². The molecule has 3 heterocycles. The van der Waals surface area contributed by atoms with Gasteiger partial charge in [0.25, 0.3) is 0 Å². The summed E-state index contributed by atoms with van der Waals surface area (Å²) in [6, 6.07) is 2.36. The molecule has 3 rings (SSSR count). The number of hydrogen-bond acceptors (Lipinski definition) is 3. The minimum absolute atomic E-state index is 0.360. The van der Waals surface area contributed by atoms with Gasteiger partial charge in [0, 0.05) is 17.0 Å². The molecule has 1 aromatic heterocycles. The number of nitrogens with zero attached hydrogens (tertiary/aromatic N) is 1. The summed E-state index contributed by atoms with van der Waals surface area (Å²) in [6.07, 6.45) is 3.79. The van der Waals surface area contributed by atoms with Crippen molar-refractivity contribution in [2.75, 3.05) is 26.7 Å². The SMILES string of the molecule is CN1CCc2sccc2C12CCNCC2. The van der Waals surface area contributed by atoms with Crippen molar-refractivity contribution in [3.8, 4) is 0 Å². The molecule has 1 aromatic rings. The molecule has 82 valence electrons. The maximum atomic E-state index is 3.48. The third kappa shape index (κ3) is 1.37. The zero-order valence-corrected chi connectivity index (χ0v) is 10.1. The molecule has 0 aromatic carbocycles. The summed E-state index contributed by atoms with van der Waals surface area (Å²) in [6.45, 7) is 3.56. The quantitative estimate of drug-likeness (QED) is 0.720. The Kier molecular flexibility index (Phi) is 2.34. The summed E-state index contributed by atoms with van der Waals surface area (Å²) >= 11 is 1.95. The van der Waals surface area contributed by atoms with Crippen molar-refractivity contribution in [2.45, 2.75) is 24.8 Å². The third-order valence-electron chi connectivity index (χ3n) is 4.08. The minimum atomic E-state index is 0.360. The van der Waals surface area contributed by atoms with Crippen LogP contribution in [0.25, 0.3) is 0 Å². The van der Waals surface area contributed by atoms with Crippen LogP contribution in [0.2, 0.25) is 0 Å². The summed E-state index contributed by atoms with van der Waals surface area (Å²) in [7, 11) is 2.30. The lowest BCUT2D eigenvalue weighted by atomic mass is 9.78. The molecule has 1 fully saturated rings. The second-order valence-electron chi connectivity index (χ2n) is 4.71. The maximum absolute atomic E-state index is 3.48. The number of hydrogen-bond donors (Lipinski definition) is 1. The van der Waals surface area contributed by atoms with Gasteiger partial charge in [-0.05, 0) is 56.4 Å². The van der Waals surface area contributed by atoms with Crippen LogP contribution < -0.4 is 5.32 Å². The van der Waals surface area contributed by atoms with Crippen molar-refractivity contribution < 1.29 is 0 Å². The molecule has 0 atom stereocenters. The fourth-order valence-corrected chi connectivity index (χ4v) is 4.09. The first-order chi connectivity index (χ1) is 7.33. The molecule has 0 amide bonds. The van der Waals surface area contributed by atoms with Crippen LogP contribution in [0.1, 0.15) is 23.3 Å². The molecule has 3 heteroatoms. The van der Waals surface area contributed by atoms with Crippen LogP contribution in [0.4, 0.5) is 0 Å². The Balaban J connectivity index is 2.05. The predicted molar refractivity (Wildman–Crippen MR) is 64.4 cm³/mol. The number of fused-ring (bicyclic) bond motifs is 2. The van der Waals surface area contributed by atoms with Crippen LogP contribution in [0.3, 0.4) is 0 Å². The van der Waals surface area contributed by atoms with Crippen LogP contribution in [0, 0.1) is 0 Å². The molecule has 2 aliphatic heterocycles. The number of nitrogens with one attached hydrogen (secondary N) is 1. The molecule has 15 heavy (non-hydrogen) atoms. The molecule has 2 nitrogen and oxygen atoms in total. The van der Waals surface area contributed by atoms with E-state index in [1.807, 2.05) is 11.3 Å². The van der Waals surface area contributed by atoms with E-state index in [0.29, 0.717) is 5.54 Å². The molecule has 0 radical (unpaired) electrons. The third-order valence-corrected chi connectivity index (χ3v) is 5.06. The van der Waals surface area contributed by atoms with Gasteiger partial charge in [0.15, 0.2) is 0 Å². The van der Waals surface area contributed by atoms with E-state index < -0.39 is 0 Å². The van der Waals surface area contributed by atoms with Gasteiger partial charge < -0.3 is 5.32 Å². The van der Waals surface area contributed by atoms with E-state index in [4.69, 9.17) is 0 Å².